The van der Waals surface area contributed by atoms with Gasteiger partial charge in [-0.3, -0.25) is 0 Å². The molecule has 1 heteroatoms. The van der Waals surface area contributed by atoms with Gasteiger partial charge in [-0.1, -0.05) is 70.2 Å². The fourth-order valence-electron chi connectivity index (χ4n) is 5.02. The van der Waals surface area contributed by atoms with Crippen molar-refractivity contribution in [3.8, 4) is 0 Å². The van der Waals surface area contributed by atoms with Crippen LogP contribution in [0, 0.1) is 11.8 Å². The molecule has 0 radical (unpaired) electrons. The fourth-order valence-corrected chi connectivity index (χ4v) is 10.4. The van der Waals surface area contributed by atoms with E-state index in [0.717, 1.165) is 22.9 Å². The highest BCUT2D eigenvalue weighted by atomic mass is 28.3. The summed E-state index contributed by atoms with van der Waals surface area (Å²) in [5.74, 6) is 1.72. The molecule has 18 heavy (non-hydrogen) atoms. The molecule has 0 amide bonds. The van der Waals surface area contributed by atoms with Gasteiger partial charge in [0.25, 0.3) is 0 Å². The number of hydrogen-bond donors (Lipinski definition) is 0. The maximum atomic E-state index is 2.69. The van der Waals surface area contributed by atoms with Crippen LogP contribution in [-0.2, 0) is 0 Å². The van der Waals surface area contributed by atoms with Crippen LogP contribution in [0.25, 0.3) is 0 Å². The van der Waals surface area contributed by atoms with Crippen LogP contribution in [0.2, 0.25) is 24.2 Å². The van der Waals surface area contributed by atoms with Gasteiger partial charge in [0, 0.05) is 0 Å². The zero-order valence-electron chi connectivity index (χ0n) is 13.3. The maximum Gasteiger partial charge on any atom is 0.0581 e. The summed E-state index contributed by atoms with van der Waals surface area (Å²) in [5.41, 5.74) is 5.53. The Hall–Kier alpha value is -0.0431. The minimum absolute atomic E-state index is 0.824. The summed E-state index contributed by atoms with van der Waals surface area (Å²) < 4.78 is 0. The summed E-state index contributed by atoms with van der Waals surface area (Å²) in [6.07, 6.45) is 7.55. The quantitative estimate of drug-likeness (QED) is 0.422. The second-order valence-corrected chi connectivity index (χ2v) is 12.7. The summed E-state index contributed by atoms with van der Waals surface area (Å²) in [4.78, 5) is 0. The Balaban J connectivity index is 2.24. The van der Waals surface area contributed by atoms with E-state index in [1.165, 1.54) is 32.1 Å². The largest absolute Gasteiger partial charge is 0.0734 e. The van der Waals surface area contributed by atoms with Crippen molar-refractivity contribution >= 4 is 8.07 Å². The zero-order chi connectivity index (χ0) is 13.5. The van der Waals surface area contributed by atoms with Gasteiger partial charge in [-0.25, -0.2) is 0 Å². The Morgan fingerprint density at radius 3 is 1.89 bits per heavy atom. The van der Waals surface area contributed by atoms with Gasteiger partial charge in [-0.15, -0.1) is 0 Å². The Kier molecular flexibility index (Phi) is 4.11. The normalized spacial score (nSPS) is 35.3. The van der Waals surface area contributed by atoms with Crippen LogP contribution in [0.15, 0.2) is 11.1 Å². The van der Waals surface area contributed by atoms with Crippen LogP contribution < -0.4 is 0 Å². The predicted octanol–water partition coefficient (Wildman–Crippen LogP) is 6.02. The third-order valence-corrected chi connectivity index (χ3v) is 11.8. The van der Waals surface area contributed by atoms with Gasteiger partial charge in [0.2, 0.25) is 0 Å². The highest BCUT2D eigenvalue weighted by molar-refractivity contribution is 6.81. The molecule has 0 heterocycles. The van der Waals surface area contributed by atoms with Crippen LogP contribution in [0.5, 0.6) is 0 Å². The zero-order valence-corrected chi connectivity index (χ0v) is 14.3. The SMILES string of the molecule is CC1=C(C)C([Si](C)(C)C2CCCCC2)C(C)C1C. The standard InChI is InChI=1S/C17H32Si/c1-12-13(2)15(4)17(14(12)3)18(5,6)16-10-8-7-9-11-16/h12,14,16-17H,7-11H2,1-6H3. The molecule has 0 aromatic rings. The van der Waals surface area contributed by atoms with Crippen LogP contribution in [0.1, 0.15) is 59.8 Å². The summed E-state index contributed by atoms with van der Waals surface area (Å²) in [7, 11) is -1.14. The van der Waals surface area contributed by atoms with Gasteiger partial charge in [0.05, 0.1) is 8.07 Å². The Morgan fingerprint density at radius 1 is 0.889 bits per heavy atom. The predicted molar refractivity (Wildman–Crippen MR) is 84.8 cm³/mol. The average Bonchev–Trinajstić information content (AvgIpc) is 2.55. The van der Waals surface area contributed by atoms with Gasteiger partial charge < -0.3 is 0 Å². The van der Waals surface area contributed by atoms with E-state index in [2.05, 4.69) is 40.8 Å². The molecule has 0 aliphatic heterocycles. The summed E-state index contributed by atoms with van der Waals surface area (Å²) >= 11 is 0. The first-order valence-corrected chi connectivity index (χ1v) is 11.2. The third-order valence-electron chi connectivity index (χ3n) is 6.54. The van der Waals surface area contributed by atoms with E-state index in [1.54, 1.807) is 11.1 Å². The molecule has 0 aromatic carbocycles. The topological polar surface area (TPSA) is 0 Å². The highest BCUT2D eigenvalue weighted by Crippen LogP contribution is 2.55. The minimum Gasteiger partial charge on any atom is -0.0734 e. The summed E-state index contributed by atoms with van der Waals surface area (Å²) in [5, 5.41) is 0. The second-order valence-electron chi connectivity index (χ2n) is 7.65. The van der Waals surface area contributed by atoms with E-state index < -0.39 is 8.07 Å². The lowest BCUT2D eigenvalue weighted by Gasteiger charge is -2.43. The molecular weight excluding hydrogens is 232 g/mol. The van der Waals surface area contributed by atoms with Crippen LogP contribution in [0.4, 0.5) is 0 Å². The molecule has 1 fully saturated rings. The third kappa shape index (κ3) is 2.24. The van der Waals surface area contributed by atoms with E-state index in [1.807, 2.05) is 0 Å². The van der Waals surface area contributed by atoms with Crippen molar-refractivity contribution < 1.29 is 0 Å². The number of rotatable bonds is 2. The first-order chi connectivity index (χ1) is 8.37. The van der Waals surface area contributed by atoms with Gasteiger partial charge in [0.15, 0.2) is 0 Å². The van der Waals surface area contributed by atoms with Crippen molar-refractivity contribution in [1.82, 2.24) is 0 Å². The van der Waals surface area contributed by atoms with E-state index in [9.17, 15) is 0 Å². The molecule has 0 saturated heterocycles. The molecule has 104 valence electrons. The van der Waals surface area contributed by atoms with Crippen LogP contribution >= 0.6 is 0 Å². The second kappa shape index (κ2) is 5.15. The van der Waals surface area contributed by atoms with E-state index in [0.29, 0.717) is 0 Å². The van der Waals surface area contributed by atoms with E-state index in [-0.39, 0.29) is 0 Å². The lowest BCUT2D eigenvalue weighted by atomic mass is 9.95. The van der Waals surface area contributed by atoms with Gasteiger partial charge in [-0.2, -0.15) is 0 Å². The Labute approximate surface area is 115 Å². The minimum atomic E-state index is -1.14. The van der Waals surface area contributed by atoms with Gasteiger partial charge in [-0.05, 0) is 36.8 Å². The fraction of sp³-hybridized carbons (Fsp3) is 0.882. The lowest BCUT2D eigenvalue weighted by Crippen LogP contribution is -2.41. The number of allylic oxidation sites excluding steroid dienone is 2. The maximum absolute atomic E-state index is 2.69. The monoisotopic (exact) mass is 264 g/mol. The smallest absolute Gasteiger partial charge is 0.0581 e. The molecule has 0 bridgehead atoms. The molecule has 1 saturated carbocycles. The molecule has 2 rings (SSSR count). The first-order valence-electron chi connectivity index (χ1n) is 8.04. The molecule has 0 nitrogen and oxygen atoms in total. The van der Waals surface area contributed by atoms with Crippen molar-refractivity contribution in [3.63, 3.8) is 0 Å². The molecule has 0 spiro atoms. The van der Waals surface area contributed by atoms with Crippen LogP contribution in [0.3, 0.4) is 0 Å². The van der Waals surface area contributed by atoms with Crippen molar-refractivity contribution in [2.75, 3.05) is 0 Å². The Bertz CT molecular complexity index is 334. The average molecular weight is 265 g/mol. The van der Waals surface area contributed by atoms with Crippen LogP contribution in [-0.4, -0.2) is 8.07 Å². The molecular formula is C17H32Si. The highest BCUT2D eigenvalue weighted by Gasteiger charge is 2.47. The van der Waals surface area contributed by atoms with Gasteiger partial charge in [0.1, 0.15) is 0 Å². The Morgan fingerprint density at radius 2 is 1.44 bits per heavy atom. The van der Waals surface area contributed by atoms with E-state index >= 15 is 0 Å². The van der Waals surface area contributed by atoms with E-state index in [4.69, 9.17) is 0 Å². The summed E-state index contributed by atoms with van der Waals surface area (Å²) in [6.45, 7) is 15.2. The molecule has 3 unspecified atom stereocenters. The molecule has 0 N–H and O–H groups in total. The van der Waals surface area contributed by atoms with Gasteiger partial charge >= 0.3 is 0 Å². The van der Waals surface area contributed by atoms with Crippen molar-refractivity contribution in [2.24, 2.45) is 11.8 Å². The molecule has 0 aromatic heterocycles. The molecule has 2 aliphatic carbocycles. The molecule has 3 atom stereocenters. The lowest BCUT2D eigenvalue weighted by molar-refractivity contribution is 0.448. The van der Waals surface area contributed by atoms with Crippen molar-refractivity contribution in [3.05, 3.63) is 11.1 Å². The summed E-state index contributed by atoms with van der Waals surface area (Å²) in [6, 6.07) is 0. The number of hydrogen-bond acceptors (Lipinski definition) is 0. The first kappa shape index (κ1) is 14.4. The van der Waals surface area contributed by atoms with Crippen molar-refractivity contribution in [1.29, 1.82) is 0 Å². The molecule has 2 aliphatic rings. The van der Waals surface area contributed by atoms with Crippen molar-refractivity contribution in [2.45, 2.75) is 84.0 Å².